The summed E-state index contributed by atoms with van der Waals surface area (Å²) in [6.45, 7) is 2.64. The van der Waals surface area contributed by atoms with E-state index in [4.69, 9.17) is 10.6 Å². The summed E-state index contributed by atoms with van der Waals surface area (Å²) in [5.41, 5.74) is 0. The van der Waals surface area contributed by atoms with Crippen LogP contribution in [-0.4, -0.2) is 30.8 Å². The van der Waals surface area contributed by atoms with Gasteiger partial charge in [-0.25, -0.2) is 5.01 Å². The van der Waals surface area contributed by atoms with E-state index in [2.05, 4.69) is 0 Å². The van der Waals surface area contributed by atoms with E-state index in [-0.39, 0.29) is 0 Å². The van der Waals surface area contributed by atoms with Gasteiger partial charge in [-0.05, 0) is 18.8 Å². The summed E-state index contributed by atoms with van der Waals surface area (Å²) in [6.07, 6.45) is 3.90. The molecule has 3 heteroatoms. The van der Waals surface area contributed by atoms with Crippen LogP contribution in [0.5, 0.6) is 0 Å². The topological polar surface area (TPSA) is 38.5 Å². The van der Waals surface area contributed by atoms with Gasteiger partial charge in [0.15, 0.2) is 0 Å². The van der Waals surface area contributed by atoms with Gasteiger partial charge < -0.3 is 4.74 Å². The van der Waals surface area contributed by atoms with Gasteiger partial charge in [-0.15, -0.1) is 0 Å². The molecule has 0 radical (unpaired) electrons. The molecule has 0 aromatic heterocycles. The first-order valence-corrected chi connectivity index (χ1v) is 4.47. The number of rotatable bonds is 0. The smallest absolute Gasteiger partial charge is 0.0607 e. The summed E-state index contributed by atoms with van der Waals surface area (Å²) < 4.78 is 5.46. The highest BCUT2D eigenvalue weighted by molar-refractivity contribution is 4.84. The fourth-order valence-corrected chi connectivity index (χ4v) is 2.22. The highest BCUT2D eigenvalue weighted by atomic mass is 16.5. The minimum absolute atomic E-state index is 0.609. The van der Waals surface area contributed by atoms with Crippen LogP contribution in [0.25, 0.3) is 0 Å². The van der Waals surface area contributed by atoms with Crippen LogP contribution >= 0.6 is 0 Å². The molecular formula is C8H16N2O. The Labute approximate surface area is 67.5 Å². The summed E-state index contributed by atoms with van der Waals surface area (Å²) in [5, 5.41) is 1.98. The molecule has 2 aliphatic rings. The molecule has 0 aromatic carbocycles. The second-order valence-corrected chi connectivity index (χ2v) is 3.57. The number of hydrazine groups is 1. The minimum Gasteiger partial charge on any atom is -0.380 e. The monoisotopic (exact) mass is 156 g/mol. The van der Waals surface area contributed by atoms with E-state index in [1.807, 2.05) is 5.01 Å². The first-order valence-electron chi connectivity index (χ1n) is 4.47. The van der Waals surface area contributed by atoms with Crippen molar-refractivity contribution in [2.45, 2.75) is 25.3 Å². The Morgan fingerprint density at radius 3 is 3.18 bits per heavy atom. The van der Waals surface area contributed by atoms with Gasteiger partial charge in [-0.1, -0.05) is 6.42 Å². The number of nitrogens with zero attached hydrogens (tertiary/aromatic N) is 1. The maximum atomic E-state index is 5.87. The lowest BCUT2D eigenvalue weighted by Crippen LogP contribution is -2.43. The highest BCUT2D eigenvalue weighted by Crippen LogP contribution is 2.29. The maximum Gasteiger partial charge on any atom is 0.0607 e. The largest absolute Gasteiger partial charge is 0.380 e. The molecule has 64 valence electrons. The third-order valence-electron chi connectivity index (χ3n) is 2.87. The summed E-state index contributed by atoms with van der Waals surface area (Å²) in [7, 11) is 0. The molecule has 3 nitrogen and oxygen atoms in total. The van der Waals surface area contributed by atoms with Crippen molar-refractivity contribution in [2.24, 2.45) is 11.8 Å². The minimum atomic E-state index is 0.609. The van der Waals surface area contributed by atoms with Crippen molar-refractivity contribution in [3.63, 3.8) is 0 Å². The zero-order valence-electron chi connectivity index (χ0n) is 6.83. The SMILES string of the molecule is NN1CCOC[C@H]2CCC[C@H]21. The Hall–Kier alpha value is -0.120. The van der Waals surface area contributed by atoms with Crippen LogP contribution in [0.2, 0.25) is 0 Å². The molecule has 0 bridgehead atoms. The van der Waals surface area contributed by atoms with E-state index in [1.54, 1.807) is 0 Å². The number of hydrogen-bond donors (Lipinski definition) is 1. The van der Waals surface area contributed by atoms with E-state index in [1.165, 1.54) is 19.3 Å². The molecule has 2 N–H and O–H groups in total. The molecule has 1 saturated heterocycles. The molecule has 2 rings (SSSR count). The number of ether oxygens (including phenoxy) is 1. The molecule has 1 saturated carbocycles. The first kappa shape index (κ1) is 7.53. The summed E-state index contributed by atoms with van der Waals surface area (Å²) in [5.74, 6) is 6.58. The van der Waals surface area contributed by atoms with Crippen LogP contribution in [0.4, 0.5) is 0 Å². The predicted octanol–water partition coefficient (Wildman–Crippen LogP) is 0.361. The molecule has 0 unspecified atom stereocenters. The van der Waals surface area contributed by atoms with Crippen LogP contribution in [0.15, 0.2) is 0 Å². The molecule has 2 atom stereocenters. The fourth-order valence-electron chi connectivity index (χ4n) is 2.22. The lowest BCUT2D eigenvalue weighted by Gasteiger charge is -2.24. The molecule has 11 heavy (non-hydrogen) atoms. The van der Waals surface area contributed by atoms with Crippen LogP contribution in [-0.2, 0) is 4.74 Å². The van der Waals surface area contributed by atoms with E-state index in [0.717, 1.165) is 19.8 Å². The second kappa shape index (κ2) is 3.09. The van der Waals surface area contributed by atoms with Crippen LogP contribution in [0, 0.1) is 5.92 Å². The van der Waals surface area contributed by atoms with Crippen LogP contribution < -0.4 is 5.84 Å². The van der Waals surface area contributed by atoms with Crippen molar-refractivity contribution < 1.29 is 4.74 Å². The zero-order chi connectivity index (χ0) is 7.68. The Morgan fingerprint density at radius 2 is 2.27 bits per heavy atom. The summed E-state index contributed by atoms with van der Waals surface area (Å²) in [6, 6.07) is 0.609. The van der Waals surface area contributed by atoms with Gasteiger partial charge >= 0.3 is 0 Å². The molecule has 1 aliphatic heterocycles. The zero-order valence-corrected chi connectivity index (χ0v) is 6.83. The molecular weight excluding hydrogens is 140 g/mol. The Kier molecular flexibility index (Phi) is 2.11. The van der Waals surface area contributed by atoms with Crippen molar-refractivity contribution in [3.8, 4) is 0 Å². The number of fused-ring (bicyclic) bond motifs is 1. The van der Waals surface area contributed by atoms with Gasteiger partial charge in [-0.2, -0.15) is 0 Å². The molecule has 1 aliphatic carbocycles. The van der Waals surface area contributed by atoms with Crippen molar-refractivity contribution in [1.82, 2.24) is 5.01 Å². The lowest BCUT2D eigenvalue weighted by molar-refractivity contribution is 0.120. The molecule has 1 heterocycles. The van der Waals surface area contributed by atoms with Gasteiger partial charge in [0, 0.05) is 12.6 Å². The average Bonchev–Trinajstić information content (AvgIpc) is 2.40. The highest BCUT2D eigenvalue weighted by Gasteiger charge is 2.32. The quantitative estimate of drug-likeness (QED) is 0.515. The van der Waals surface area contributed by atoms with Gasteiger partial charge in [-0.3, -0.25) is 5.84 Å². The van der Waals surface area contributed by atoms with Crippen molar-refractivity contribution in [3.05, 3.63) is 0 Å². The van der Waals surface area contributed by atoms with Crippen LogP contribution in [0.1, 0.15) is 19.3 Å². The van der Waals surface area contributed by atoms with Crippen molar-refractivity contribution in [2.75, 3.05) is 19.8 Å². The number of nitrogens with two attached hydrogens (primary N) is 1. The van der Waals surface area contributed by atoms with Crippen molar-refractivity contribution in [1.29, 1.82) is 0 Å². The maximum absolute atomic E-state index is 5.87. The standard InChI is InChI=1S/C8H16N2O/c9-10-4-5-11-6-7-2-1-3-8(7)10/h7-8H,1-6,9H2/t7-,8-/m1/s1. The Bertz CT molecular complexity index is 140. The van der Waals surface area contributed by atoms with Gasteiger partial charge in [0.2, 0.25) is 0 Å². The molecule has 2 fully saturated rings. The summed E-state index contributed by atoms with van der Waals surface area (Å²) in [4.78, 5) is 0. The number of hydrogen-bond acceptors (Lipinski definition) is 3. The van der Waals surface area contributed by atoms with Gasteiger partial charge in [0.1, 0.15) is 0 Å². The third kappa shape index (κ3) is 1.41. The fraction of sp³-hybridized carbons (Fsp3) is 1.00. The van der Waals surface area contributed by atoms with Gasteiger partial charge in [0.05, 0.1) is 13.2 Å². The Morgan fingerprint density at radius 1 is 1.36 bits per heavy atom. The second-order valence-electron chi connectivity index (χ2n) is 3.57. The summed E-state index contributed by atoms with van der Waals surface area (Å²) >= 11 is 0. The average molecular weight is 156 g/mol. The van der Waals surface area contributed by atoms with E-state index in [9.17, 15) is 0 Å². The van der Waals surface area contributed by atoms with E-state index >= 15 is 0 Å². The first-order chi connectivity index (χ1) is 5.38. The predicted molar refractivity (Wildman–Crippen MR) is 42.8 cm³/mol. The third-order valence-corrected chi connectivity index (χ3v) is 2.87. The van der Waals surface area contributed by atoms with E-state index < -0.39 is 0 Å². The van der Waals surface area contributed by atoms with Crippen LogP contribution in [0.3, 0.4) is 0 Å². The Balaban J connectivity index is 2.03. The normalized spacial score (nSPS) is 40.1. The molecule has 0 aromatic rings. The van der Waals surface area contributed by atoms with Gasteiger partial charge in [0.25, 0.3) is 0 Å². The molecule has 0 spiro atoms. The van der Waals surface area contributed by atoms with E-state index in [0.29, 0.717) is 12.0 Å². The lowest BCUT2D eigenvalue weighted by atomic mass is 10.1. The van der Waals surface area contributed by atoms with Crippen molar-refractivity contribution >= 4 is 0 Å². The molecule has 0 amide bonds.